The number of hydrogen-bond donors (Lipinski definition) is 0. The second kappa shape index (κ2) is 11.9. The first-order valence-electron chi connectivity index (χ1n) is 19.8. The van der Waals surface area contributed by atoms with Crippen LogP contribution in [0.4, 0.5) is 5.69 Å². The molecule has 0 aliphatic rings. The molecule has 4 aromatic heterocycles. The molecule has 0 spiro atoms. The van der Waals surface area contributed by atoms with Crippen molar-refractivity contribution in [2.45, 2.75) is 0 Å². The molecule has 0 atom stereocenters. The first kappa shape index (κ1) is 32.4. The second-order valence-electron chi connectivity index (χ2n) is 15.3. The number of nitriles is 1. The summed E-state index contributed by atoms with van der Waals surface area (Å²) in [5.74, 6) is 0. The van der Waals surface area contributed by atoms with Crippen LogP contribution in [-0.4, -0.2) is 24.1 Å². The summed E-state index contributed by atoms with van der Waals surface area (Å²) in [6.45, 7) is 9.14. The molecule has 7 heteroatoms. The fraction of sp³-hybridized carbons (Fsp3) is 0. The van der Waals surface area contributed by atoms with Gasteiger partial charge in [0.2, 0.25) is 5.69 Å². The second-order valence-corrected chi connectivity index (χ2v) is 15.3. The SMILES string of the molecule is [C-]#[N+]c1c(-c2ccccc2)c(C#N)c(-n2c3cccc4c5nccnc5c5cccc2c5c43)c(-c2ccccc2)c1-n1c2cccc3c4ccccc4c4cncc1c4c32. The zero-order chi connectivity index (χ0) is 39.6. The molecular formula is C53H27N7. The van der Waals surface area contributed by atoms with Crippen molar-refractivity contribution in [3.05, 3.63) is 181 Å². The minimum absolute atomic E-state index is 0.388. The van der Waals surface area contributed by atoms with Crippen molar-refractivity contribution < 1.29 is 0 Å². The fourth-order valence-corrected chi connectivity index (χ4v) is 10.2. The molecule has 0 saturated carbocycles. The largest absolute Gasteiger partial charge is 0.317 e. The van der Waals surface area contributed by atoms with Gasteiger partial charge in [0.15, 0.2) is 0 Å². The van der Waals surface area contributed by atoms with Crippen LogP contribution in [0.15, 0.2) is 164 Å². The zero-order valence-electron chi connectivity index (χ0n) is 31.7. The first-order valence-corrected chi connectivity index (χ1v) is 19.8. The van der Waals surface area contributed by atoms with Gasteiger partial charge in [-0.15, -0.1) is 0 Å². The van der Waals surface area contributed by atoms with Gasteiger partial charge >= 0.3 is 0 Å². The Kier molecular flexibility index (Phi) is 6.45. The lowest BCUT2D eigenvalue weighted by Gasteiger charge is -2.25. The Balaban J connectivity index is 1.33. The molecular weight excluding hydrogens is 735 g/mol. The number of aromatic nitrogens is 5. The molecule has 0 saturated heterocycles. The van der Waals surface area contributed by atoms with Crippen molar-refractivity contribution in [1.82, 2.24) is 24.1 Å². The standard InChI is InChI=1S/C53H27N7/c1-55-51-43(30-13-4-2-5-14-30)37(27-54)52(59-40-23-11-20-35-46(40)47-36(21-12-24-41(47)59)50-49(35)57-25-26-58-50)44(31-15-6-3-7-16-31)53(51)60-39-22-10-19-34-32-17-8-9-18-33(32)38-28-56-29-42(60)48(38)45(34)39/h2-26,28-29H. The molecule has 9 aromatic carbocycles. The highest BCUT2D eigenvalue weighted by Gasteiger charge is 2.33. The molecule has 4 heterocycles. The lowest BCUT2D eigenvalue weighted by molar-refractivity contribution is 1.13. The van der Waals surface area contributed by atoms with Crippen molar-refractivity contribution in [3.63, 3.8) is 0 Å². The molecule has 13 rings (SSSR count). The van der Waals surface area contributed by atoms with Crippen LogP contribution in [0.25, 0.3) is 125 Å². The van der Waals surface area contributed by atoms with E-state index in [4.69, 9.17) is 21.5 Å². The summed E-state index contributed by atoms with van der Waals surface area (Å²) in [5, 5.41) is 22.4. The smallest absolute Gasteiger partial charge is 0.220 e. The van der Waals surface area contributed by atoms with Crippen LogP contribution in [-0.2, 0) is 0 Å². The van der Waals surface area contributed by atoms with Crippen LogP contribution < -0.4 is 0 Å². The maximum absolute atomic E-state index is 11.7. The van der Waals surface area contributed by atoms with Gasteiger partial charge in [-0.05, 0) is 45.5 Å². The van der Waals surface area contributed by atoms with Gasteiger partial charge in [0, 0.05) is 67.4 Å². The van der Waals surface area contributed by atoms with E-state index in [1.807, 2.05) is 60.9 Å². The summed E-state index contributed by atoms with van der Waals surface area (Å²) in [4.78, 5) is 19.1. The minimum Gasteiger partial charge on any atom is -0.317 e. The topological polar surface area (TPSA) is 76.7 Å². The van der Waals surface area contributed by atoms with E-state index in [0.717, 1.165) is 104 Å². The summed E-state index contributed by atoms with van der Waals surface area (Å²) in [5.41, 5.74) is 10.6. The van der Waals surface area contributed by atoms with Gasteiger partial charge in [0.1, 0.15) is 6.07 Å². The van der Waals surface area contributed by atoms with Crippen molar-refractivity contribution in [1.29, 1.82) is 5.26 Å². The Labute approximate surface area is 341 Å². The summed E-state index contributed by atoms with van der Waals surface area (Å²) in [6, 6.07) is 50.4. The van der Waals surface area contributed by atoms with Gasteiger partial charge in [-0.1, -0.05) is 121 Å². The van der Waals surface area contributed by atoms with E-state index in [9.17, 15) is 5.26 Å². The molecule has 0 N–H and O–H groups in total. The number of fused-ring (bicyclic) bond motifs is 6. The van der Waals surface area contributed by atoms with Crippen LogP contribution in [0, 0.1) is 17.9 Å². The van der Waals surface area contributed by atoms with Crippen LogP contribution >= 0.6 is 0 Å². The van der Waals surface area contributed by atoms with Crippen molar-refractivity contribution in [3.8, 4) is 39.7 Å². The van der Waals surface area contributed by atoms with E-state index in [-0.39, 0.29) is 0 Å². The minimum atomic E-state index is 0.388. The van der Waals surface area contributed by atoms with E-state index in [1.54, 1.807) is 12.4 Å². The van der Waals surface area contributed by atoms with Crippen molar-refractivity contribution in [2.24, 2.45) is 0 Å². The van der Waals surface area contributed by atoms with E-state index >= 15 is 0 Å². The number of hydrogen-bond acceptors (Lipinski definition) is 4. The average molecular weight is 762 g/mol. The molecule has 13 aromatic rings. The van der Waals surface area contributed by atoms with Crippen LogP contribution in [0.5, 0.6) is 0 Å². The number of pyridine rings is 1. The van der Waals surface area contributed by atoms with E-state index in [1.165, 1.54) is 0 Å². The number of benzene rings is 9. The Morgan fingerprint density at radius 1 is 0.467 bits per heavy atom. The van der Waals surface area contributed by atoms with Crippen molar-refractivity contribution in [2.75, 3.05) is 0 Å². The monoisotopic (exact) mass is 761 g/mol. The molecule has 0 amide bonds. The van der Waals surface area contributed by atoms with Crippen LogP contribution in [0.2, 0.25) is 0 Å². The molecule has 274 valence electrons. The van der Waals surface area contributed by atoms with Gasteiger partial charge in [-0.25, -0.2) is 4.85 Å². The average Bonchev–Trinajstić information content (AvgIpc) is 3.84. The normalized spacial score (nSPS) is 12.0. The summed E-state index contributed by atoms with van der Waals surface area (Å²) in [6.07, 6.45) is 7.38. The molecule has 0 aliphatic carbocycles. The van der Waals surface area contributed by atoms with Gasteiger partial charge in [-0.3, -0.25) is 15.0 Å². The van der Waals surface area contributed by atoms with Gasteiger partial charge in [0.25, 0.3) is 0 Å². The predicted molar refractivity (Wildman–Crippen MR) is 243 cm³/mol. The summed E-state index contributed by atoms with van der Waals surface area (Å²) < 4.78 is 4.50. The van der Waals surface area contributed by atoms with Crippen LogP contribution in [0.3, 0.4) is 0 Å². The maximum atomic E-state index is 11.7. The zero-order valence-corrected chi connectivity index (χ0v) is 31.7. The maximum Gasteiger partial charge on any atom is 0.220 e. The Morgan fingerprint density at radius 3 is 1.53 bits per heavy atom. The van der Waals surface area contributed by atoms with Gasteiger partial charge in [-0.2, -0.15) is 5.26 Å². The Bertz CT molecular complexity index is 3620. The lowest BCUT2D eigenvalue weighted by atomic mass is 9.88. The summed E-state index contributed by atoms with van der Waals surface area (Å²) >= 11 is 0. The third-order valence-corrected chi connectivity index (χ3v) is 12.5. The highest BCUT2D eigenvalue weighted by atomic mass is 15.0. The molecule has 0 fully saturated rings. The third-order valence-electron chi connectivity index (χ3n) is 12.5. The molecule has 0 aliphatic heterocycles. The first-order chi connectivity index (χ1) is 29.8. The third kappa shape index (κ3) is 4.02. The molecule has 0 radical (unpaired) electrons. The molecule has 60 heavy (non-hydrogen) atoms. The lowest BCUT2D eigenvalue weighted by Crippen LogP contribution is -2.08. The predicted octanol–water partition coefficient (Wildman–Crippen LogP) is 13.3. The van der Waals surface area contributed by atoms with Crippen LogP contribution in [0.1, 0.15) is 5.56 Å². The summed E-state index contributed by atoms with van der Waals surface area (Å²) in [7, 11) is 0. The van der Waals surface area contributed by atoms with Gasteiger partial charge in [0.05, 0.1) is 62.8 Å². The van der Waals surface area contributed by atoms with Gasteiger partial charge < -0.3 is 9.13 Å². The highest BCUT2D eigenvalue weighted by molar-refractivity contribution is 6.35. The number of rotatable bonds is 4. The fourth-order valence-electron chi connectivity index (χ4n) is 10.2. The molecule has 0 unspecified atom stereocenters. The van der Waals surface area contributed by atoms with E-state index in [0.29, 0.717) is 28.2 Å². The van der Waals surface area contributed by atoms with E-state index in [2.05, 4.69) is 111 Å². The van der Waals surface area contributed by atoms with E-state index < -0.39 is 0 Å². The quantitative estimate of drug-likeness (QED) is 0.132. The molecule has 0 bridgehead atoms. The van der Waals surface area contributed by atoms with Crippen molar-refractivity contribution >= 4 is 92.6 Å². The Morgan fingerprint density at radius 2 is 0.950 bits per heavy atom. The molecule has 7 nitrogen and oxygen atoms in total. The number of nitrogens with zero attached hydrogens (tertiary/aromatic N) is 7. The Hall–Kier alpha value is -8.65. The highest BCUT2D eigenvalue weighted by Crippen LogP contribution is 2.54.